The van der Waals surface area contributed by atoms with Crippen LogP contribution < -0.4 is 10.6 Å². The van der Waals surface area contributed by atoms with Crippen LogP contribution in [0.4, 0.5) is 5.69 Å². The molecule has 0 atom stereocenters. The Morgan fingerprint density at radius 2 is 1.71 bits per heavy atom. The fourth-order valence-electron chi connectivity index (χ4n) is 2.54. The van der Waals surface area contributed by atoms with Crippen molar-refractivity contribution < 1.29 is 9.59 Å². The van der Waals surface area contributed by atoms with E-state index in [4.69, 9.17) is 0 Å². The van der Waals surface area contributed by atoms with Crippen LogP contribution in [0.3, 0.4) is 0 Å². The molecule has 21 heavy (non-hydrogen) atoms. The first-order valence-corrected chi connectivity index (χ1v) is 7.29. The molecule has 116 valence electrons. The molecule has 0 radical (unpaired) electrons. The molecule has 0 saturated heterocycles. The number of rotatable bonds is 5. The molecule has 0 bridgehead atoms. The van der Waals surface area contributed by atoms with Crippen molar-refractivity contribution in [2.75, 3.05) is 11.9 Å². The van der Waals surface area contributed by atoms with Gasteiger partial charge in [-0.15, -0.1) is 12.4 Å². The minimum atomic E-state index is -0.0360. The number of hydrogen-bond donors (Lipinski definition) is 2. The smallest absolute Gasteiger partial charge is 0.238 e. The van der Waals surface area contributed by atoms with Gasteiger partial charge in [-0.2, -0.15) is 0 Å². The van der Waals surface area contributed by atoms with Gasteiger partial charge in [0.1, 0.15) is 0 Å². The van der Waals surface area contributed by atoms with E-state index in [0.717, 1.165) is 5.69 Å². The summed E-state index contributed by atoms with van der Waals surface area (Å²) in [6, 6.07) is 7.46. The summed E-state index contributed by atoms with van der Waals surface area (Å²) < 4.78 is 0. The van der Waals surface area contributed by atoms with E-state index in [0.29, 0.717) is 18.2 Å². The van der Waals surface area contributed by atoms with Gasteiger partial charge in [0.15, 0.2) is 5.78 Å². The molecule has 1 aliphatic rings. The molecule has 2 rings (SSSR count). The summed E-state index contributed by atoms with van der Waals surface area (Å²) in [4.78, 5) is 23.0. The Morgan fingerprint density at radius 1 is 1.10 bits per heavy atom. The number of anilines is 1. The van der Waals surface area contributed by atoms with Crippen molar-refractivity contribution >= 4 is 29.8 Å². The average molecular weight is 311 g/mol. The first-order chi connectivity index (χ1) is 9.65. The zero-order chi connectivity index (χ0) is 14.4. The molecule has 0 spiro atoms. The lowest BCUT2D eigenvalue weighted by molar-refractivity contribution is -0.115. The zero-order valence-electron chi connectivity index (χ0n) is 12.4. The molecule has 2 N–H and O–H groups in total. The third-order valence-corrected chi connectivity index (χ3v) is 3.73. The third kappa shape index (κ3) is 5.86. The largest absolute Gasteiger partial charge is 0.325 e. The third-order valence-electron chi connectivity index (χ3n) is 3.73. The van der Waals surface area contributed by atoms with Crippen LogP contribution in [0.25, 0.3) is 0 Å². The Kier molecular flexibility index (Phi) is 7.40. The van der Waals surface area contributed by atoms with Crippen LogP contribution in [0.15, 0.2) is 24.3 Å². The second kappa shape index (κ2) is 8.80. The number of ketones is 1. The lowest BCUT2D eigenvalue weighted by Crippen LogP contribution is -2.37. The van der Waals surface area contributed by atoms with E-state index in [9.17, 15) is 9.59 Å². The first-order valence-electron chi connectivity index (χ1n) is 7.29. The summed E-state index contributed by atoms with van der Waals surface area (Å²) in [5.41, 5.74) is 1.38. The Labute approximate surface area is 132 Å². The molecule has 0 unspecified atom stereocenters. The van der Waals surface area contributed by atoms with Gasteiger partial charge in [-0.25, -0.2) is 0 Å². The van der Waals surface area contributed by atoms with Gasteiger partial charge >= 0.3 is 0 Å². The second-order valence-corrected chi connectivity index (χ2v) is 5.40. The molecule has 1 aromatic rings. The van der Waals surface area contributed by atoms with E-state index in [2.05, 4.69) is 10.6 Å². The number of hydrogen-bond acceptors (Lipinski definition) is 3. The lowest BCUT2D eigenvalue weighted by Gasteiger charge is -2.22. The lowest BCUT2D eigenvalue weighted by atomic mass is 9.95. The molecule has 4 nitrogen and oxygen atoms in total. The number of nitrogens with one attached hydrogen (secondary N) is 2. The van der Waals surface area contributed by atoms with Crippen LogP contribution in [-0.4, -0.2) is 24.3 Å². The normalized spacial score (nSPS) is 15.1. The van der Waals surface area contributed by atoms with Crippen LogP contribution in [0.1, 0.15) is 49.4 Å². The summed E-state index contributed by atoms with van der Waals surface area (Å²) >= 11 is 0. The second-order valence-electron chi connectivity index (χ2n) is 5.40. The molecule has 1 saturated carbocycles. The highest BCUT2D eigenvalue weighted by Gasteiger charge is 2.13. The van der Waals surface area contributed by atoms with E-state index in [-0.39, 0.29) is 24.1 Å². The summed E-state index contributed by atoms with van der Waals surface area (Å²) in [5.74, 6) is -0.00649. The Morgan fingerprint density at radius 3 is 2.29 bits per heavy atom. The van der Waals surface area contributed by atoms with Gasteiger partial charge in [0, 0.05) is 17.3 Å². The highest BCUT2D eigenvalue weighted by Crippen LogP contribution is 2.17. The van der Waals surface area contributed by atoms with Crippen molar-refractivity contribution in [3.8, 4) is 0 Å². The summed E-state index contributed by atoms with van der Waals surface area (Å²) in [6.07, 6.45) is 6.16. The van der Waals surface area contributed by atoms with Crippen molar-refractivity contribution in [3.63, 3.8) is 0 Å². The topological polar surface area (TPSA) is 58.2 Å². The van der Waals surface area contributed by atoms with E-state index >= 15 is 0 Å². The molecule has 1 aromatic carbocycles. The van der Waals surface area contributed by atoms with E-state index in [1.165, 1.54) is 39.0 Å². The van der Waals surface area contributed by atoms with Gasteiger partial charge in [-0.3, -0.25) is 9.59 Å². The number of benzene rings is 1. The quantitative estimate of drug-likeness (QED) is 0.821. The maximum Gasteiger partial charge on any atom is 0.238 e. The van der Waals surface area contributed by atoms with Crippen LogP contribution in [0, 0.1) is 0 Å². The molecule has 0 aromatic heterocycles. The fraction of sp³-hybridized carbons (Fsp3) is 0.500. The van der Waals surface area contributed by atoms with Crippen LogP contribution >= 0.6 is 12.4 Å². The number of amides is 1. The highest BCUT2D eigenvalue weighted by molar-refractivity contribution is 5.96. The monoisotopic (exact) mass is 310 g/mol. The van der Waals surface area contributed by atoms with Crippen LogP contribution in [0.2, 0.25) is 0 Å². The van der Waals surface area contributed by atoms with Gasteiger partial charge in [-0.05, 0) is 44.0 Å². The van der Waals surface area contributed by atoms with Crippen molar-refractivity contribution in [3.05, 3.63) is 29.8 Å². The predicted molar refractivity (Wildman–Crippen MR) is 87.2 cm³/mol. The molecule has 1 fully saturated rings. The number of halogens is 1. The first kappa shape index (κ1) is 17.7. The zero-order valence-corrected chi connectivity index (χ0v) is 13.2. The number of Topliss-reactive ketones (excluding diaryl/α,β-unsaturated/α-hetero) is 1. The fourth-order valence-corrected chi connectivity index (χ4v) is 2.54. The molecule has 1 amide bonds. The minimum absolute atomic E-state index is 0. The van der Waals surface area contributed by atoms with Gasteiger partial charge in [-0.1, -0.05) is 19.3 Å². The molecule has 5 heteroatoms. The average Bonchev–Trinajstić information content (AvgIpc) is 2.47. The summed E-state index contributed by atoms with van der Waals surface area (Å²) in [5, 5.41) is 6.14. The number of carbonyl (C=O) groups is 2. The predicted octanol–water partition coefficient (Wildman–Crippen LogP) is 3.17. The maximum atomic E-state index is 11.8. The summed E-state index contributed by atoms with van der Waals surface area (Å²) in [7, 11) is 0. The Balaban J connectivity index is 0.00000220. The maximum absolute atomic E-state index is 11.8. The molecule has 1 aliphatic carbocycles. The van der Waals surface area contributed by atoms with Crippen molar-refractivity contribution in [2.45, 2.75) is 45.1 Å². The van der Waals surface area contributed by atoms with Crippen molar-refractivity contribution in [2.24, 2.45) is 0 Å². The van der Waals surface area contributed by atoms with E-state index in [1.807, 2.05) is 0 Å². The molecule has 0 aliphatic heterocycles. The van der Waals surface area contributed by atoms with Gasteiger partial charge in [0.05, 0.1) is 6.54 Å². The number of carbonyl (C=O) groups excluding carboxylic acids is 2. The SMILES string of the molecule is CC(=O)c1ccc(NC(=O)CNC2CCCCC2)cc1.Cl. The van der Waals surface area contributed by atoms with Gasteiger partial charge < -0.3 is 10.6 Å². The minimum Gasteiger partial charge on any atom is -0.325 e. The molecular weight excluding hydrogens is 288 g/mol. The van der Waals surface area contributed by atoms with Crippen LogP contribution in [-0.2, 0) is 4.79 Å². The Bertz CT molecular complexity index is 468. The van der Waals surface area contributed by atoms with Crippen molar-refractivity contribution in [1.82, 2.24) is 5.32 Å². The Hall–Kier alpha value is -1.39. The standard InChI is InChI=1S/C16H22N2O2.ClH/c1-12(19)13-7-9-15(10-8-13)18-16(20)11-17-14-5-3-2-4-6-14;/h7-10,14,17H,2-6,11H2,1H3,(H,18,20);1H. The van der Waals surface area contributed by atoms with Crippen molar-refractivity contribution in [1.29, 1.82) is 0 Å². The molecular formula is C16H23ClN2O2. The summed E-state index contributed by atoms with van der Waals surface area (Å²) in [6.45, 7) is 1.88. The van der Waals surface area contributed by atoms with Gasteiger partial charge in [0.2, 0.25) is 5.91 Å². The highest BCUT2D eigenvalue weighted by atomic mass is 35.5. The van der Waals surface area contributed by atoms with Crippen LogP contribution in [0.5, 0.6) is 0 Å². The van der Waals surface area contributed by atoms with Gasteiger partial charge in [0.25, 0.3) is 0 Å². The van der Waals surface area contributed by atoms with E-state index < -0.39 is 0 Å². The van der Waals surface area contributed by atoms with E-state index in [1.54, 1.807) is 24.3 Å². The molecule has 0 heterocycles.